The molecule has 1 fully saturated rings. The maximum atomic E-state index is 12.6. The van der Waals surface area contributed by atoms with E-state index in [1.807, 2.05) is 49.4 Å². The van der Waals surface area contributed by atoms with Crippen LogP contribution >= 0.6 is 0 Å². The summed E-state index contributed by atoms with van der Waals surface area (Å²) >= 11 is 0. The highest BCUT2D eigenvalue weighted by Crippen LogP contribution is 2.26. The predicted molar refractivity (Wildman–Crippen MR) is 99.4 cm³/mol. The Balaban J connectivity index is 1.76. The predicted octanol–water partition coefficient (Wildman–Crippen LogP) is 2.57. The number of methoxy groups -OCH3 is 1. The summed E-state index contributed by atoms with van der Waals surface area (Å²) in [4.78, 5) is 2.52. The van der Waals surface area contributed by atoms with Gasteiger partial charge < -0.3 is 9.64 Å². The van der Waals surface area contributed by atoms with E-state index in [9.17, 15) is 8.42 Å². The highest BCUT2D eigenvalue weighted by Gasteiger charge is 2.34. The van der Waals surface area contributed by atoms with E-state index in [1.54, 1.807) is 19.2 Å². The Hall–Kier alpha value is -1.89. The summed E-state index contributed by atoms with van der Waals surface area (Å²) in [5, 5.41) is 0. The lowest BCUT2D eigenvalue weighted by Crippen LogP contribution is -2.37. The van der Waals surface area contributed by atoms with Gasteiger partial charge in [0, 0.05) is 25.4 Å². The Kier molecular flexibility index (Phi) is 5.42. The van der Waals surface area contributed by atoms with Crippen molar-refractivity contribution >= 4 is 15.7 Å². The fourth-order valence-electron chi connectivity index (χ4n) is 3.29. The molecule has 0 spiro atoms. The van der Waals surface area contributed by atoms with Crippen molar-refractivity contribution in [2.75, 3.05) is 25.2 Å². The van der Waals surface area contributed by atoms with Crippen LogP contribution in [0.2, 0.25) is 0 Å². The standard InChI is InChI=1S/C19H24N2O3S/c1-15-8-10-19(11-9-15)25(22,23)20-16-12-18(14-24-2)21(13-16)17-6-4-3-5-7-17/h3-11,16,18,20H,12-14H2,1-2H3/t16-,18-/m0/s1. The smallest absolute Gasteiger partial charge is 0.240 e. The van der Waals surface area contributed by atoms with Gasteiger partial charge in [-0.15, -0.1) is 0 Å². The molecule has 5 nitrogen and oxygen atoms in total. The molecule has 2 aromatic carbocycles. The van der Waals surface area contributed by atoms with Crippen molar-refractivity contribution in [3.05, 3.63) is 60.2 Å². The van der Waals surface area contributed by atoms with Crippen molar-refractivity contribution in [3.8, 4) is 0 Å². The van der Waals surface area contributed by atoms with Crippen LogP contribution in [0.25, 0.3) is 0 Å². The molecule has 3 rings (SSSR count). The minimum absolute atomic E-state index is 0.147. The second-order valence-corrected chi connectivity index (χ2v) is 8.18. The van der Waals surface area contributed by atoms with Gasteiger partial charge in [-0.25, -0.2) is 13.1 Å². The average Bonchev–Trinajstić information content (AvgIpc) is 2.98. The second-order valence-electron chi connectivity index (χ2n) is 6.46. The van der Waals surface area contributed by atoms with Crippen molar-refractivity contribution in [1.82, 2.24) is 4.72 Å². The normalized spacial score (nSPS) is 20.8. The summed E-state index contributed by atoms with van der Waals surface area (Å²) in [6.45, 7) is 3.13. The van der Waals surface area contributed by atoms with Crippen LogP contribution in [0, 0.1) is 6.92 Å². The van der Waals surface area contributed by atoms with Gasteiger partial charge in [0.25, 0.3) is 0 Å². The first kappa shape index (κ1) is 17.9. The Bertz CT molecular complexity index is 791. The number of hydrogen-bond donors (Lipinski definition) is 1. The maximum Gasteiger partial charge on any atom is 0.240 e. The Morgan fingerprint density at radius 2 is 1.80 bits per heavy atom. The lowest BCUT2D eigenvalue weighted by atomic mass is 10.2. The summed E-state index contributed by atoms with van der Waals surface area (Å²) in [5.41, 5.74) is 2.12. The van der Waals surface area contributed by atoms with Crippen LogP contribution in [0.3, 0.4) is 0 Å². The number of nitrogens with one attached hydrogen (secondary N) is 1. The van der Waals surface area contributed by atoms with Gasteiger partial charge in [-0.1, -0.05) is 35.9 Å². The minimum Gasteiger partial charge on any atom is -0.383 e. The number of aryl methyl sites for hydroxylation is 1. The zero-order valence-electron chi connectivity index (χ0n) is 14.6. The van der Waals surface area contributed by atoms with Crippen LogP contribution in [-0.2, 0) is 14.8 Å². The average molecular weight is 360 g/mol. The minimum atomic E-state index is -3.52. The molecule has 2 atom stereocenters. The number of sulfonamides is 1. The molecule has 1 heterocycles. The van der Waals surface area contributed by atoms with Crippen molar-refractivity contribution in [1.29, 1.82) is 0 Å². The molecular weight excluding hydrogens is 336 g/mol. The van der Waals surface area contributed by atoms with Gasteiger partial charge in [0.05, 0.1) is 17.5 Å². The summed E-state index contributed by atoms with van der Waals surface area (Å²) in [6, 6.07) is 17.0. The third kappa shape index (κ3) is 4.21. The topological polar surface area (TPSA) is 58.6 Å². The molecule has 1 aliphatic heterocycles. The molecule has 0 unspecified atom stereocenters. The van der Waals surface area contributed by atoms with E-state index in [1.165, 1.54) is 0 Å². The van der Waals surface area contributed by atoms with Crippen LogP contribution in [0.1, 0.15) is 12.0 Å². The fourth-order valence-corrected chi connectivity index (χ4v) is 4.53. The highest BCUT2D eigenvalue weighted by molar-refractivity contribution is 7.89. The zero-order chi connectivity index (χ0) is 17.9. The third-order valence-electron chi connectivity index (χ3n) is 4.51. The Morgan fingerprint density at radius 1 is 1.12 bits per heavy atom. The van der Waals surface area contributed by atoms with E-state index in [0.717, 1.165) is 11.3 Å². The van der Waals surface area contributed by atoms with Crippen LogP contribution in [0.4, 0.5) is 5.69 Å². The van der Waals surface area contributed by atoms with E-state index in [0.29, 0.717) is 24.5 Å². The summed E-state index contributed by atoms with van der Waals surface area (Å²) in [5.74, 6) is 0. The first-order valence-electron chi connectivity index (χ1n) is 8.39. The summed E-state index contributed by atoms with van der Waals surface area (Å²) in [7, 11) is -1.85. The van der Waals surface area contributed by atoms with Crippen molar-refractivity contribution < 1.29 is 13.2 Å². The molecule has 6 heteroatoms. The third-order valence-corrected chi connectivity index (χ3v) is 6.05. The fraction of sp³-hybridized carbons (Fsp3) is 0.368. The first-order valence-corrected chi connectivity index (χ1v) is 9.87. The van der Waals surface area contributed by atoms with Crippen LogP contribution in [0.5, 0.6) is 0 Å². The monoisotopic (exact) mass is 360 g/mol. The molecule has 25 heavy (non-hydrogen) atoms. The molecule has 0 amide bonds. The molecule has 0 saturated carbocycles. The number of para-hydroxylation sites is 1. The Morgan fingerprint density at radius 3 is 2.44 bits per heavy atom. The molecule has 2 aromatic rings. The Labute approximate surface area is 149 Å². The second kappa shape index (κ2) is 7.56. The molecule has 0 aliphatic carbocycles. The molecule has 134 valence electrons. The van der Waals surface area contributed by atoms with E-state index in [4.69, 9.17) is 4.74 Å². The van der Waals surface area contributed by atoms with Gasteiger partial charge in [-0.05, 0) is 37.6 Å². The van der Waals surface area contributed by atoms with Gasteiger partial charge in [-0.2, -0.15) is 0 Å². The number of hydrogen-bond acceptors (Lipinski definition) is 4. The molecule has 0 bridgehead atoms. The summed E-state index contributed by atoms with van der Waals surface area (Å²) < 4.78 is 33.5. The molecule has 1 saturated heterocycles. The van der Waals surface area contributed by atoms with Crippen LogP contribution in [0.15, 0.2) is 59.5 Å². The molecule has 0 radical (unpaired) electrons. The first-order chi connectivity index (χ1) is 12.0. The largest absolute Gasteiger partial charge is 0.383 e. The zero-order valence-corrected chi connectivity index (χ0v) is 15.4. The van der Waals surface area contributed by atoms with E-state index in [2.05, 4.69) is 9.62 Å². The number of benzene rings is 2. The van der Waals surface area contributed by atoms with E-state index in [-0.39, 0.29) is 12.1 Å². The van der Waals surface area contributed by atoms with E-state index >= 15 is 0 Å². The van der Waals surface area contributed by atoms with E-state index < -0.39 is 10.0 Å². The SMILES string of the molecule is COC[C@@H]1C[C@H](NS(=O)(=O)c2ccc(C)cc2)CN1c1ccccc1. The van der Waals surface area contributed by atoms with Crippen molar-refractivity contribution in [2.45, 2.75) is 30.3 Å². The quantitative estimate of drug-likeness (QED) is 0.860. The van der Waals surface area contributed by atoms with Gasteiger partial charge in [0.1, 0.15) is 0 Å². The van der Waals surface area contributed by atoms with Gasteiger partial charge in [0.15, 0.2) is 0 Å². The molecular formula is C19H24N2O3S. The van der Waals surface area contributed by atoms with Gasteiger partial charge in [0.2, 0.25) is 10.0 Å². The summed E-state index contributed by atoms with van der Waals surface area (Å²) in [6.07, 6.45) is 0.716. The number of nitrogens with zero attached hydrogens (tertiary/aromatic N) is 1. The van der Waals surface area contributed by atoms with Gasteiger partial charge >= 0.3 is 0 Å². The van der Waals surface area contributed by atoms with Crippen molar-refractivity contribution in [3.63, 3.8) is 0 Å². The van der Waals surface area contributed by atoms with Crippen molar-refractivity contribution in [2.24, 2.45) is 0 Å². The van der Waals surface area contributed by atoms with Crippen LogP contribution < -0.4 is 9.62 Å². The van der Waals surface area contributed by atoms with Crippen LogP contribution in [-0.4, -0.2) is 40.8 Å². The number of anilines is 1. The number of rotatable bonds is 6. The highest BCUT2D eigenvalue weighted by atomic mass is 32.2. The number of ether oxygens (including phenoxy) is 1. The van der Waals surface area contributed by atoms with Gasteiger partial charge in [-0.3, -0.25) is 0 Å². The molecule has 0 aromatic heterocycles. The molecule has 1 aliphatic rings. The lowest BCUT2D eigenvalue weighted by molar-refractivity contribution is 0.180. The maximum absolute atomic E-state index is 12.6. The molecule has 1 N–H and O–H groups in total. The lowest BCUT2D eigenvalue weighted by Gasteiger charge is -2.26.